The van der Waals surface area contributed by atoms with E-state index in [9.17, 15) is 5.11 Å². The molecule has 2 aromatic carbocycles. The van der Waals surface area contributed by atoms with Crippen molar-refractivity contribution in [2.24, 2.45) is 11.3 Å². The zero-order chi connectivity index (χ0) is 31.9. The fourth-order valence-electron chi connectivity index (χ4n) is 9.29. The van der Waals surface area contributed by atoms with Gasteiger partial charge in [-0.2, -0.15) is 0 Å². The number of thioether (sulfide) groups is 2. The molecule has 1 aliphatic heterocycles. The normalized spacial score (nSPS) is 28.3. The number of hydrogen-bond donors (Lipinski definition) is 1. The highest BCUT2D eigenvalue weighted by Crippen LogP contribution is 2.69. The van der Waals surface area contributed by atoms with Crippen LogP contribution in [0.3, 0.4) is 0 Å². The summed E-state index contributed by atoms with van der Waals surface area (Å²) in [5.41, 5.74) is 4.91. The van der Waals surface area contributed by atoms with Crippen LogP contribution < -0.4 is 9.16 Å². The van der Waals surface area contributed by atoms with Crippen molar-refractivity contribution in [1.29, 1.82) is 0 Å². The van der Waals surface area contributed by atoms with Crippen LogP contribution in [0.25, 0.3) is 0 Å². The van der Waals surface area contributed by atoms with Crippen LogP contribution in [0.4, 0.5) is 0 Å². The second-order valence-corrected chi connectivity index (χ2v) is 23.4. The Morgan fingerprint density at radius 2 is 1.57 bits per heavy atom. The second kappa shape index (κ2) is 13.2. The molecule has 2 aliphatic carbocycles. The number of methoxy groups -OCH3 is 1. The molecule has 2 fully saturated rings. The lowest BCUT2D eigenvalue weighted by Crippen LogP contribution is -2.59. The second-order valence-electron chi connectivity index (χ2n) is 15.0. The van der Waals surface area contributed by atoms with Crippen molar-refractivity contribution in [2.75, 3.05) is 25.2 Å². The lowest BCUT2D eigenvalue weighted by Gasteiger charge is -2.61. The van der Waals surface area contributed by atoms with Gasteiger partial charge in [0.25, 0.3) is 8.32 Å². The Morgan fingerprint density at radius 3 is 2.16 bits per heavy atom. The van der Waals surface area contributed by atoms with Crippen LogP contribution in [-0.2, 0) is 20.8 Å². The average molecular weight is 657 g/mol. The molecule has 1 heterocycles. The van der Waals surface area contributed by atoms with Crippen molar-refractivity contribution < 1.29 is 19.0 Å². The molecule has 7 heteroatoms. The highest BCUT2D eigenvalue weighted by Gasteiger charge is 2.62. The van der Waals surface area contributed by atoms with Crippen LogP contribution in [0.1, 0.15) is 97.8 Å². The first kappa shape index (κ1) is 34.2. The SMILES string of the molecule is COc1c(O[Si](C(C)C)(C(C)C)C(C)C)ccc2c1C1(C[C@H]3[C@](C)(COCc4ccccc4)[C@@H](O)CC[C@]23C)SCCCS1. The van der Waals surface area contributed by atoms with Crippen LogP contribution in [0, 0.1) is 11.3 Å². The predicted octanol–water partition coefficient (Wildman–Crippen LogP) is 9.93. The minimum Gasteiger partial charge on any atom is -0.540 e. The Hall–Kier alpha value is -1.12. The van der Waals surface area contributed by atoms with Gasteiger partial charge in [-0.1, -0.05) is 91.8 Å². The predicted molar refractivity (Wildman–Crippen MR) is 191 cm³/mol. The molecular weight excluding hydrogens is 601 g/mol. The summed E-state index contributed by atoms with van der Waals surface area (Å²) in [5.74, 6) is 4.43. The van der Waals surface area contributed by atoms with E-state index >= 15 is 0 Å². The Balaban J connectivity index is 1.61. The number of aliphatic hydroxyl groups is 1. The molecule has 0 radical (unpaired) electrons. The van der Waals surface area contributed by atoms with Crippen molar-refractivity contribution >= 4 is 31.8 Å². The summed E-state index contributed by atoms with van der Waals surface area (Å²) >= 11 is 4.20. The maximum absolute atomic E-state index is 11.7. The van der Waals surface area contributed by atoms with Crippen molar-refractivity contribution in [3.8, 4) is 11.5 Å². The number of rotatable bonds is 10. The Labute approximate surface area is 276 Å². The molecule has 3 aliphatic rings. The number of benzene rings is 2. The van der Waals surface area contributed by atoms with E-state index in [0.717, 1.165) is 42.3 Å². The van der Waals surface area contributed by atoms with E-state index in [2.05, 4.69) is 115 Å². The molecule has 0 unspecified atom stereocenters. The van der Waals surface area contributed by atoms with E-state index in [-0.39, 0.29) is 20.8 Å². The van der Waals surface area contributed by atoms with Gasteiger partial charge >= 0.3 is 0 Å². The Bertz CT molecular complexity index is 1260. The van der Waals surface area contributed by atoms with Crippen molar-refractivity contribution in [1.82, 2.24) is 0 Å². The molecular formula is C37H56O4S2Si. The van der Waals surface area contributed by atoms with Crippen LogP contribution in [0.5, 0.6) is 11.5 Å². The largest absolute Gasteiger partial charge is 0.540 e. The van der Waals surface area contributed by atoms with Crippen LogP contribution in [-0.4, -0.2) is 44.8 Å². The Kier molecular flexibility index (Phi) is 10.2. The third-order valence-electron chi connectivity index (χ3n) is 11.5. The molecule has 1 saturated carbocycles. The van der Waals surface area contributed by atoms with Crippen LogP contribution in [0.15, 0.2) is 42.5 Å². The van der Waals surface area contributed by atoms with Crippen molar-refractivity contribution in [3.63, 3.8) is 0 Å². The fourth-order valence-corrected chi connectivity index (χ4v) is 18.1. The molecule has 4 nitrogen and oxygen atoms in total. The van der Waals surface area contributed by atoms with Gasteiger partial charge in [0.05, 0.1) is 30.5 Å². The van der Waals surface area contributed by atoms with E-state index in [1.54, 1.807) is 0 Å². The first-order valence-electron chi connectivity index (χ1n) is 16.8. The molecule has 0 aromatic heterocycles. The minimum atomic E-state index is -2.19. The summed E-state index contributed by atoms with van der Waals surface area (Å²) in [5, 5.41) is 11.7. The zero-order valence-corrected chi connectivity index (χ0v) is 31.2. The molecule has 1 spiro atoms. The van der Waals surface area contributed by atoms with Crippen molar-refractivity contribution in [3.05, 3.63) is 59.2 Å². The quantitative estimate of drug-likeness (QED) is 0.257. The molecule has 4 atom stereocenters. The Morgan fingerprint density at radius 1 is 0.932 bits per heavy atom. The van der Waals surface area contributed by atoms with Gasteiger partial charge < -0.3 is 19.0 Å². The fraction of sp³-hybridized carbons (Fsp3) is 0.676. The van der Waals surface area contributed by atoms with Gasteiger partial charge in [-0.15, -0.1) is 23.5 Å². The lowest BCUT2D eigenvalue weighted by atomic mass is 9.49. The van der Waals surface area contributed by atoms with Gasteiger partial charge in [0, 0.05) is 11.0 Å². The smallest absolute Gasteiger partial charge is 0.258 e. The first-order chi connectivity index (χ1) is 20.9. The lowest BCUT2D eigenvalue weighted by molar-refractivity contribution is -0.128. The third-order valence-corrected chi connectivity index (χ3v) is 20.9. The monoisotopic (exact) mass is 656 g/mol. The third kappa shape index (κ3) is 5.69. The standard InChI is InChI=1S/C37H56O4S2Si/c1-25(2)44(26(3)4,27(5)6)41-30-17-16-29-33(34(30)39-9)37(42-20-13-21-43-37)22-31-35(29,7)19-18-32(38)36(31,8)24-40-23-28-14-11-10-12-15-28/h10-12,14-17,25-27,31-32,38H,13,18-24H2,1-9H3/t31-,32+,35-,36+/m1/s1. The summed E-state index contributed by atoms with van der Waals surface area (Å²) in [6.07, 6.45) is 3.55. The average Bonchev–Trinajstić information content (AvgIpc) is 3.00. The van der Waals surface area contributed by atoms with E-state index < -0.39 is 14.4 Å². The number of fused-ring (bicyclic) bond motifs is 4. The number of hydrogen-bond acceptors (Lipinski definition) is 6. The highest BCUT2D eigenvalue weighted by molar-refractivity contribution is 8.18. The van der Waals surface area contributed by atoms with Crippen LogP contribution in [0.2, 0.25) is 16.6 Å². The van der Waals surface area contributed by atoms with Crippen molar-refractivity contribution in [2.45, 2.75) is 120 Å². The highest BCUT2D eigenvalue weighted by atomic mass is 32.2. The summed E-state index contributed by atoms with van der Waals surface area (Å²) in [4.78, 5) is 0. The zero-order valence-electron chi connectivity index (χ0n) is 28.6. The maximum Gasteiger partial charge on any atom is 0.258 e. The van der Waals surface area contributed by atoms with Gasteiger partial charge in [0.1, 0.15) is 5.75 Å². The molecule has 1 N–H and O–H groups in total. The summed E-state index contributed by atoms with van der Waals surface area (Å²) in [6, 6.07) is 15.0. The number of ether oxygens (including phenoxy) is 2. The van der Waals surface area contributed by atoms with E-state index in [4.69, 9.17) is 13.9 Å². The molecule has 2 aromatic rings. The molecule has 0 bridgehead atoms. The topological polar surface area (TPSA) is 47.9 Å². The van der Waals surface area contributed by atoms with Crippen LogP contribution >= 0.6 is 23.5 Å². The maximum atomic E-state index is 11.7. The van der Waals surface area contributed by atoms with Gasteiger partial charge in [-0.25, -0.2) is 0 Å². The molecule has 0 amide bonds. The van der Waals surface area contributed by atoms with Gasteiger partial charge in [-0.05, 0) is 82.3 Å². The molecule has 5 rings (SSSR count). The molecule has 244 valence electrons. The molecule has 1 saturated heterocycles. The summed E-state index contributed by atoms with van der Waals surface area (Å²) in [7, 11) is -0.348. The van der Waals surface area contributed by atoms with Gasteiger partial charge in [0.2, 0.25) is 0 Å². The van der Waals surface area contributed by atoms with Gasteiger partial charge in [-0.3, -0.25) is 0 Å². The molecule has 44 heavy (non-hydrogen) atoms. The van der Waals surface area contributed by atoms with E-state index in [0.29, 0.717) is 29.8 Å². The summed E-state index contributed by atoms with van der Waals surface area (Å²) < 4.78 is 20.2. The minimum absolute atomic E-state index is 0.0995. The van der Waals surface area contributed by atoms with E-state index in [1.165, 1.54) is 23.1 Å². The first-order valence-corrected chi connectivity index (χ1v) is 21.0. The van der Waals surface area contributed by atoms with E-state index in [1.807, 2.05) is 13.2 Å². The van der Waals surface area contributed by atoms with Gasteiger partial charge in [0.15, 0.2) is 5.75 Å². The number of aliphatic hydroxyl groups excluding tert-OH is 1. The summed E-state index contributed by atoms with van der Waals surface area (Å²) in [6.45, 7) is 20.0.